The Morgan fingerprint density at radius 2 is 2.10 bits per heavy atom. The molecule has 5 nitrogen and oxygen atoms in total. The molecule has 0 spiro atoms. The summed E-state index contributed by atoms with van der Waals surface area (Å²) in [5.74, 6) is 2.16. The number of rotatable bonds is 10. The van der Waals surface area contributed by atoms with E-state index in [1.807, 2.05) is 0 Å². The number of ether oxygens (including phenoxy) is 1. The van der Waals surface area contributed by atoms with Gasteiger partial charge in [-0.2, -0.15) is 4.98 Å². The van der Waals surface area contributed by atoms with E-state index in [9.17, 15) is 0 Å². The zero-order chi connectivity index (χ0) is 14.9. The fourth-order valence-electron chi connectivity index (χ4n) is 3.02. The number of aromatic nitrogens is 2. The van der Waals surface area contributed by atoms with Gasteiger partial charge in [0, 0.05) is 19.1 Å². The van der Waals surface area contributed by atoms with Crippen LogP contribution in [-0.2, 0) is 17.8 Å². The standard InChI is InChI=1S/C16H29N3O2/c1-3-9-17-14(13-7-5-6-8-13)11-16-18-15(19-21-16)12-20-10-4-2/h13-14,17H,3-12H2,1-2H3. The zero-order valence-corrected chi connectivity index (χ0v) is 13.4. The Hall–Kier alpha value is -0.940. The Morgan fingerprint density at radius 3 is 2.81 bits per heavy atom. The molecule has 1 aromatic heterocycles. The summed E-state index contributed by atoms with van der Waals surface area (Å²) in [6.45, 7) is 6.55. The van der Waals surface area contributed by atoms with Crippen LogP contribution in [0.4, 0.5) is 0 Å². The van der Waals surface area contributed by atoms with Crippen LogP contribution < -0.4 is 5.32 Å². The van der Waals surface area contributed by atoms with E-state index < -0.39 is 0 Å². The normalized spacial score (nSPS) is 17.4. The van der Waals surface area contributed by atoms with Crippen molar-refractivity contribution in [1.82, 2.24) is 15.5 Å². The van der Waals surface area contributed by atoms with Crippen LogP contribution in [-0.4, -0.2) is 29.3 Å². The van der Waals surface area contributed by atoms with Crippen molar-refractivity contribution >= 4 is 0 Å². The lowest BCUT2D eigenvalue weighted by atomic mass is 9.95. The fourth-order valence-corrected chi connectivity index (χ4v) is 3.02. The minimum absolute atomic E-state index is 0.452. The van der Waals surface area contributed by atoms with Gasteiger partial charge in [-0.05, 0) is 38.1 Å². The molecule has 2 rings (SSSR count). The van der Waals surface area contributed by atoms with Crippen LogP contribution in [0, 0.1) is 5.92 Å². The van der Waals surface area contributed by atoms with E-state index in [4.69, 9.17) is 9.26 Å². The minimum Gasteiger partial charge on any atom is -0.373 e. The summed E-state index contributed by atoms with van der Waals surface area (Å²) in [6, 6.07) is 0.470. The molecule has 0 amide bonds. The van der Waals surface area contributed by atoms with Gasteiger partial charge in [-0.25, -0.2) is 0 Å². The average Bonchev–Trinajstić information content (AvgIpc) is 3.15. The van der Waals surface area contributed by atoms with Gasteiger partial charge in [0.15, 0.2) is 5.82 Å². The third kappa shape index (κ3) is 5.40. The Labute approximate surface area is 127 Å². The summed E-state index contributed by atoms with van der Waals surface area (Å²) in [7, 11) is 0. The number of nitrogens with zero attached hydrogens (tertiary/aromatic N) is 2. The second kappa shape index (κ2) is 9.15. The summed E-state index contributed by atoms with van der Waals surface area (Å²) >= 11 is 0. The molecular weight excluding hydrogens is 266 g/mol. The molecule has 0 bridgehead atoms. The molecule has 0 aliphatic heterocycles. The van der Waals surface area contributed by atoms with Gasteiger partial charge in [0.25, 0.3) is 0 Å². The second-order valence-corrected chi connectivity index (χ2v) is 5.97. The highest BCUT2D eigenvalue weighted by molar-refractivity contribution is 4.92. The lowest BCUT2D eigenvalue weighted by Gasteiger charge is -2.23. The minimum atomic E-state index is 0.452. The highest BCUT2D eigenvalue weighted by Crippen LogP contribution is 2.29. The van der Waals surface area contributed by atoms with Crippen molar-refractivity contribution in [1.29, 1.82) is 0 Å². The molecule has 5 heteroatoms. The first-order valence-corrected chi connectivity index (χ1v) is 8.46. The molecular formula is C16H29N3O2. The van der Waals surface area contributed by atoms with E-state index in [0.29, 0.717) is 18.5 Å². The number of hydrogen-bond acceptors (Lipinski definition) is 5. The van der Waals surface area contributed by atoms with Crippen molar-refractivity contribution in [2.45, 2.75) is 71.4 Å². The molecule has 120 valence electrons. The maximum atomic E-state index is 5.45. The van der Waals surface area contributed by atoms with Gasteiger partial charge in [-0.1, -0.05) is 31.8 Å². The molecule has 1 aliphatic rings. The predicted molar refractivity (Wildman–Crippen MR) is 82.0 cm³/mol. The maximum Gasteiger partial charge on any atom is 0.228 e. The molecule has 21 heavy (non-hydrogen) atoms. The summed E-state index contributed by atoms with van der Waals surface area (Å²) in [5.41, 5.74) is 0. The summed E-state index contributed by atoms with van der Waals surface area (Å²) in [5, 5.41) is 7.67. The van der Waals surface area contributed by atoms with Gasteiger partial charge < -0.3 is 14.6 Å². The highest BCUT2D eigenvalue weighted by Gasteiger charge is 2.26. The largest absolute Gasteiger partial charge is 0.373 e. The van der Waals surface area contributed by atoms with Crippen LogP contribution in [0.3, 0.4) is 0 Å². The third-order valence-electron chi connectivity index (χ3n) is 4.11. The van der Waals surface area contributed by atoms with Crippen molar-refractivity contribution in [3.8, 4) is 0 Å². The van der Waals surface area contributed by atoms with Crippen molar-refractivity contribution in [3.05, 3.63) is 11.7 Å². The first-order valence-electron chi connectivity index (χ1n) is 8.46. The van der Waals surface area contributed by atoms with Crippen LogP contribution in [0.1, 0.15) is 64.1 Å². The predicted octanol–water partition coefficient (Wildman–Crippen LogP) is 3.10. The zero-order valence-electron chi connectivity index (χ0n) is 13.4. The van der Waals surface area contributed by atoms with Crippen LogP contribution in [0.15, 0.2) is 4.52 Å². The number of hydrogen-bond donors (Lipinski definition) is 1. The van der Waals surface area contributed by atoms with E-state index in [2.05, 4.69) is 29.3 Å². The van der Waals surface area contributed by atoms with Crippen molar-refractivity contribution < 1.29 is 9.26 Å². The van der Waals surface area contributed by atoms with Crippen LogP contribution in [0.25, 0.3) is 0 Å². The molecule has 1 heterocycles. The van der Waals surface area contributed by atoms with E-state index in [1.54, 1.807) is 0 Å². The van der Waals surface area contributed by atoms with Crippen molar-refractivity contribution in [2.24, 2.45) is 5.92 Å². The van der Waals surface area contributed by atoms with E-state index in [1.165, 1.54) is 25.7 Å². The molecule has 1 fully saturated rings. The topological polar surface area (TPSA) is 60.2 Å². The molecule has 0 saturated heterocycles. The number of nitrogens with one attached hydrogen (secondary N) is 1. The Morgan fingerprint density at radius 1 is 1.29 bits per heavy atom. The first-order chi connectivity index (χ1) is 10.3. The van der Waals surface area contributed by atoms with Gasteiger partial charge in [-0.3, -0.25) is 0 Å². The van der Waals surface area contributed by atoms with Crippen LogP contribution in [0.2, 0.25) is 0 Å². The summed E-state index contributed by atoms with van der Waals surface area (Å²) < 4.78 is 10.8. The molecule has 0 radical (unpaired) electrons. The first kappa shape index (κ1) is 16.4. The lowest BCUT2D eigenvalue weighted by Crippen LogP contribution is -2.37. The van der Waals surface area contributed by atoms with Gasteiger partial charge in [0.1, 0.15) is 6.61 Å². The molecule has 1 saturated carbocycles. The third-order valence-corrected chi connectivity index (χ3v) is 4.11. The van der Waals surface area contributed by atoms with Crippen LogP contribution >= 0.6 is 0 Å². The quantitative estimate of drug-likeness (QED) is 0.672. The summed E-state index contributed by atoms with van der Waals surface area (Å²) in [6.07, 6.45) is 8.36. The second-order valence-electron chi connectivity index (χ2n) is 5.97. The van der Waals surface area contributed by atoms with Gasteiger partial charge in [0.2, 0.25) is 5.89 Å². The molecule has 1 aliphatic carbocycles. The molecule has 1 unspecified atom stereocenters. The Balaban J connectivity index is 1.86. The Bertz CT molecular complexity index is 389. The smallest absolute Gasteiger partial charge is 0.228 e. The van der Waals surface area contributed by atoms with Gasteiger partial charge in [-0.15, -0.1) is 0 Å². The van der Waals surface area contributed by atoms with Gasteiger partial charge >= 0.3 is 0 Å². The monoisotopic (exact) mass is 295 g/mol. The van der Waals surface area contributed by atoms with Gasteiger partial charge in [0.05, 0.1) is 0 Å². The molecule has 1 aromatic rings. The van der Waals surface area contributed by atoms with Crippen LogP contribution in [0.5, 0.6) is 0 Å². The lowest BCUT2D eigenvalue weighted by molar-refractivity contribution is 0.114. The van der Waals surface area contributed by atoms with E-state index in [-0.39, 0.29) is 0 Å². The highest BCUT2D eigenvalue weighted by atomic mass is 16.5. The maximum absolute atomic E-state index is 5.45. The van der Waals surface area contributed by atoms with E-state index >= 15 is 0 Å². The summed E-state index contributed by atoms with van der Waals surface area (Å²) in [4.78, 5) is 4.46. The fraction of sp³-hybridized carbons (Fsp3) is 0.875. The molecule has 1 N–H and O–H groups in total. The molecule has 0 aromatic carbocycles. The Kier molecular flexibility index (Phi) is 7.16. The average molecular weight is 295 g/mol. The van der Waals surface area contributed by atoms with Crippen molar-refractivity contribution in [3.63, 3.8) is 0 Å². The van der Waals surface area contributed by atoms with Crippen molar-refractivity contribution in [2.75, 3.05) is 13.2 Å². The SMILES string of the molecule is CCCNC(Cc1nc(COCCC)no1)C1CCCC1. The molecule has 1 atom stereocenters. The van der Waals surface area contributed by atoms with E-state index in [0.717, 1.165) is 44.2 Å².